The Morgan fingerprint density at radius 1 is 1.37 bits per heavy atom. The molecule has 0 saturated carbocycles. The maximum atomic E-state index is 5.30. The molecule has 0 aliphatic carbocycles. The second-order valence-electron chi connectivity index (χ2n) is 5.45. The van der Waals surface area contributed by atoms with Gasteiger partial charge in [-0.15, -0.1) is 12.4 Å². The van der Waals surface area contributed by atoms with Crippen molar-refractivity contribution in [2.45, 2.75) is 51.6 Å². The number of nitrogens with one attached hydrogen (secondary N) is 1. The Balaban J connectivity index is 0.00000180. The van der Waals surface area contributed by atoms with Crippen molar-refractivity contribution < 1.29 is 4.52 Å². The van der Waals surface area contributed by atoms with Crippen molar-refractivity contribution in [2.75, 3.05) is 20.1 Å². The van der Waals surface area contributed by atoms with Crippen LogP contribution in [0.25, 0.3) is 0 Å². The molecule has 2 heterocycles. The first-order chi connectivity index (χ1) is 8.66. The van der Waals surface area contributed by atoms with Crippen LogP contribution >= 0.6 is 12.4 Å². The molecule has 1 atom stereocenters. The van der Waals surface area contributed by atoms with Gasteiger partial charge >= 0.3 is 0 Å². The lowest BCUT2D eigenvalue weighted by atomic mass is 10.1. The molecule has 0 spiro atoms. The minimum absolute atomic E-state index is 0. The minimum atomic E-state index is 0. The molecule has 1 aromatic heterocycles. The molecule has 0 aromatic carbocycles. The van der Waals surface area contributed by atoms with Crippen LogP contribution in [-0.4, -0.2) is 41.2 Å². The van der Waals surface area contributed by atoms with Gasteiger partial charge in [-0.2, -0.15) is 4.98 Å². The summed E-state index contributed by atoms with van der Waals surface area (Å²) >= 11 is 0. The van der Waals surface area contributed by atoms with Gasteiger partial charge in [0.25, 0.3) is 0 Å². The molecule has 1 aliphatic heterocycles. The van der Waals surface area contributed by atoms with Crippen LogP contribution in [0.4, 0.5) is 0 Å². The van der Waals surface area contributed by atoms with Crippen LogP contribution in [0, 0.1) is 0 Å². The number of halogens is 1. The fourth-order valence-corrected chi connectivity index (χ4v) is 2.35. The molecule has 1 aromatic rings. The summed E-state index contributed by atoms with van der Waals surface area (Å²) in [6.45, 7) is 7.16. The molecule has 0 amide bonds. The molecule has 6 heteroatoms. The van der Waals surface area contributed by atoms with Gasteiger partial charge in [0.2, 0.25) is 5.89 Å². The van der Waals surface area contributed by atoms with Crippen LogP contribution in [0.15, 0.2) is 4.52 Å². The van der Waals surface area contributed by atoms with Crippen LogP contribution < -0.4 is 5.32 Å². The third-order valence-electron chi connectivity index (χ3n) is 3.55. The predicted octanol–water partition coefficient (Wildman–Crippen LogP) is 2.19. The fourth-order valence-electron chi connectivity index (χ4n) is 2.35. The van der Waals surface area contributed by atoms with Gasteiger partial charge in [-0.1, -0.05) is 19.0 Å². The highest BCUT2D eigenvalue weighted by Crippen LogP contribution is 2.15. The molecular formula is C13H25ClN4O. The molecule has 2 rings (SSSR count). The van der Waals surface area contributed by atoms with Crippen molar-refractivity contribution in [3.8, 4) is 0 Å². The molecular weight excluding hydrogens is 264 g/mol. The highest BCUT2D eigenvalue weighted by atomic mass is 35.5. The van der Waals surface area contributed by atoms with E-state index in [-0.39, 0.29) is 12.4 Å². The van der Waals surface area contributed by atoms with E-state index in [2.05, 4.69) is 41.3 Å². The van der Waals surface area contributed by atoms with E-state index in [1.165, 1.54) is 19.3 Å². The molecule has 1 aliphatic rings. The zero-order valence-corrected chi connectivity index (χ0v) is 12.9. The van der Waals surface area contributed by atoms with Crippen LogP contribution in [0.1, 0.15) is 50.7 Å². The van der Waals surface area contributed by atoms with E-state index in [9.17, 15) is 0 Å². The van der Waals surface area contributed by atoms with Crippen LogP contribution in [0.2, 0.25) is 0 Å². The average Bonchev–Trinajstić information content (AvgIpc) is 2.64. The lowest BCUT2D eigenvalue weighted by molar-refractivity contribution is 0.190. The Labute approximate surface area is 121 Å². The number of nitrogens with zero attached hydrogens (tertiary/aromatic N) is 3. The zero-order valence-electron chi connectivity index (χ0n) is 12.1. The van der Waals surface area contributed by atoms with E-state index in [0.29, 0.717) is 12.0 Å². The summed E-state index contributed by atoms with van der Waals surface area (Å²) in [7, 11) is 2.15. The van der Waals surface area contributed by atoms with E-state index in [4.69, 9.17) is 4.52 Å². The van der Waals surface area contributed by atoms with Gasteiger partial charge in [0.1, 0.15) is 0 Å². The number of hydrogen-bond donors (Lipinski definition) is 1. The minimum Gasteiger partial charge on any atom is -0.338 e. The SMILES string of the molecule is CC(C)c1noc(CN(C)C2CCCNCC2)n1.Cl. The highest BCUT2D eigenvalue weighted by Gasteiger charge is 2.19. The summed E-state index contributed by atoms with van der Waals surface area (Å²) in [6.07, 6.45) is 3.69. The molecule has 110 valence electrons. The summed E-state index contributed by atoms with van der Waals surface area (Å²) in [5.41, 5.74) is 0. The van der Waals surface area contributed by atoms with Gasteiger partial charge < -0.3 is 9.84 Å². The molecule has 1 unspecified atom stereocenters. The smallest absolute Gasteiger partial charge is 0.240 e. The molecule has 0 bridgehead atoms. The first kappa shape index (κ1) is 16.4. The maximum absolute atomic E-state index is 5.30. The van der Waals surface area contributed by atoms with Gasteiger partial charge in [0.05, 0.1) is 6.54 Å². The number of aromatic nitrogens is 2. The Hall–Kier alpha value is -0.650. The van der Waals surface area contributed by atoms with Crippen LogP contribution in [0.5, 0.6) is 0 Å². The van der Waals surface area contributed by atoms with Gasteiger partial charge in [0, 0.05) is 12.0 Å². The van der Waals surface area contributed by atoms with Crippen LogP contribution in [0.3, 0.4) is 0 Å². The summed E-state index contributed by atoms with van der Waals surface area (Å²) in [5, 5.41) is 7.44. The van der Waals surface area contributed by atoms with Crippen molar-refractivity contribution in [3.63, 3.8) is 0 Å². The highest BCUT2D eigenvalue weighted by molar-refractivity contribution is 5.85. The Kier molecular flexibility index (Phi) is 6.75. The quantitative estimate of drug-likeness (QED) is 0.920. The van der Waals surface area contributed by atoms with Crippen molar-refractivity contribution in [2.24, 2.45) is 0 Å². The first-order valence-electron chi connectivity index (χ1n) is 6.90. The second kappa shape index (κ2) is 7.82. The van der Waals surface area contributed by atoms with Crippen molar-refractivity contribution in [3.05, 3.63) is 11.7 Å². The normalized spacial score (nSPS) is 20.4. The summed E-state index contributed by atoms with van der Waals surface area (Å²) < 4.78 is 5.30. The number of hydrogen-bond acceptors (Lipinski definition) is 5. The molecule has 1 saturated heterocycles. The third-order valence-corrected chi connectivity index (χ3v) is 3.55. The van der Waals surface area contributed by atoms with Crippen molar-refractivity contribution in [1.29, 1.82) is 0 Å². The third kappa shape index (κ3) is 4.75. The molecule has 1 fully saturated rings. The van der Waals surface area contributed by atoms with Gasteiger partial charge in [-0.3, -0.25) is 4.90 Å². The zero-order chi connectivity index (χ0) is 13.0. The predicted molar refractivity (Wildman–Crippen MR) is 77.6 cm³/mol. The lowest BCUT2D eigenvalue weighted by Crippen LogP contribution is -2.32. The number of rotatable bonds is 4. The summed E-state index contributed by atoms with van der Waals surface area (Å²) in [6, 6.07) is 0.620. The summed E-state index contributed by atoms with van der Waals surface area (Å²) in [4.78, 5) is 6.77. The van der Waals surface area contributed by atoms with E-state index < -0.39 is 0 Å². The molecule has 0 radical (unpaired) electrons. The maximum Gasteiger partial charge on any atom is 0.240 e. The molecule has 1 N–H and O–H groups in total. The molecule has 5 nitrogen and oxygen atoms in total. The monoisotopic (exact) mass is 288 g/mol. The topological polar surface area (TPSA) is 54.2 Å². The average molecular weight is 289 g/mol. The Morgan fingerprint density at radius 3 is 2.84 bits per heavy atom. The second-order valence-corrected chi connectivity index (χ2v) is 5.45. The van der Waals surface area contributed by atoms with Crippen LogP contribution in [-0.2, 0) is 6.54 Å². The first-order valence-corrected chi connectivity index (χ1v) is 6.90. The van der Waals surface area contributed by atoms with E-state index in [1.54, 1.807) is 0 Å². The van der Waals surface area contributed by atoms with Gasteiger partial charge in [-0.25, -0.2) is 0 Å². The van der Waals surface area contributed by atoms with Gasteiger partial charge in [0.15, 0.2) is 5.82 Å². The molecule has 19 heavy (non-hydrogen) atoms. The van der Waals surface area contributed by atoms with E-state index in [0.717, 1.165) is 31.3 Å². The fraction of sp³-hybridized carbons (Fsp3) is 0.846. The largest absolute Gasteiger partial charge is 0.338 e. The standard InChI is InChI=1S/C13H24N4O.ClH/c1-10(2)13-15-12(18-16-13)9-17(3)11-5-4-7-14-8-6-11;/h10-11,14H,4-9H2,1-3H3;1H. The van der Waals surface area contributed by atoms with Gasteiger partial charge in [-0.05, 0) is 39.4 Å². The Bertz CT molecular complexity index is 361. The van der Waals surface area contributed by atoms with Crippen molar-refractivity contribution in [1.82, 2.24) is 20.4 Å². The van der Waals surface area contributed by atoms with E-state index >= 15 is 0 Å². The lowest BCUT2D eigenvalue weighted by Gasteiger charge is -2.25. The van der Waals surface area contributed by atoms with Crippen molar-refractivity contribution >= 4 is 12.4 Å². The summed E-state index contributed by atoms with van der Waals surface area (Å²) in [5.74, 6) is 1.87. The van der Waals surface area contributed by atoms with E-state index in [1.807, 2.05) is 0 Å². The Morgan fingerprint density at radius 2 is 2.16 bits per heavy atom.